The Labute approximate surface area is 113 Å². The Balaban J connectivity index is 1.83. The van der Waals surface area contributed by atoms with Crippen molar-refractivity contribution < 1.29 is 14.7 Å². The molecular weight excluding hydrogens is 270 g/mol. The first-order chi connectivity index (χ1) is 8.66. The van der Waals surface area contributed by atoms with Gasteiger partial charge in [0.25, 0.3) is 5.91 Å². The van der Waals surface area contributed by atoms with Crippen molar-refractivity contribution in [2.75, 3.05) is 11.6 Å². The number of hydrogen-bond acceptors (Lipinski definition) is 4. The molecule has 1 amide bonds. The van der Waals surface area contributed by atoms with Gasteiger partial charge in [-0.3, -0.25) is 4.79 Å². The molecule has 0 bridgehead atoms. The summed E-state index contributed by atoms with van der Waals surface area (Å²) in [5.41, 5.74) is 1.28. The normalized spacial score (nSPS) is 22.2. The third-order valence-electron chi connectivity index (χ3n) is 3.39. The predicted molar refractivity (Wildman–Crippen MR) is 71.3 cm³/mol. The zero-order valence-corrected chi connectivity index (χ0v) is 11.4. The average Bonchev–Trinajstić information content (AvgIpc) is 3.02. The van der Waals surface area contributed by atoms with E-state index in [1.807, 2.05) is 6.07 Å². The van der Waals surface area contributed by atoms with Crippen molar-refractivity contribution in [3.05, 3.63) is 21.4 Å². The minimum atomic E-state index is -0.905. The number of fused-ring (bicyclic) bond motifs is 1. The minimum absolute atomic E-state index is 0.119. The molecule has 1 aliphatic carbocycles. The van der Waals surface area contributed by atoms with Crippen LogP contribution in [-0.2, 0) is 17.6 Å². The monoisotopic (exact) mass is 283 g/mol. The summed E-state index contributed by atoms with van der Waals surface area (Å²) in [7, 11) is 0. The second kappa shape index (κ2) is 4.59. The van der Waals surface area contributed by atoms with Gasteiger partial charge >= 0.3 is 5.97 Å². The van der Waals surface area contributed by atoms with Crippen molar-refractivity contribution in [1.82, 2.24) is 4.90 Å². The maximum absolute atomic E-state index is 12.3. The molecule has 1 aromatic heterocycles. The Morgan fingerprint density at radius 3 is 2.94 bits per heavy atom. The van der Waals surface area contributed by atoms with Gasteiger partial charge in [-0.05, 0) is 30.9 Å². The molecule has 1 aromatic rings. The highest BCUT2D eigenvalue weighted by Crippen LogP contribution is 2.33. The zero-order valence-electron chi connectivity index (χ0n) is 9.72. The molecule has 1 N–H and O–H groups in total. The number of carboxylic acid groups (broad SMARTS) is 1. The molecule has 6 heteroatoms. The fourth-order valence-electron chi connectivity index (χ4n) is 2.42. The Morgan fingerprint density at radius 2 is 2.22 bits per heavy atom. The molecule has 2 aliphatic rings. The van der Waals surface area contributed by atoms with Crippen molar-refractivity contribution in [3.8, 4) is 0 Å². The van der Waals surface area contributed by atoms with Crippen molar-refractivity contribution >= 4 is 35.0 Å². The number of hydrogen-bond donors (Lipinski definition) is 1. The predicted octanol–water partition coefficient (Wildman–Crippen LogP) is 1.84. The third kappa shape index (κ3) is 1.93. The van der Waals surface area contributed by atoms with E-state index in [0.29, 0.717) is 16.5 Å². The van der Waals surface area contributed by atoms with E-state index in [0.717, 1.165) is 12.8 Å². The van der Waals surface area contributed by atoms with Crippen LogP contribution in [-0.4, -0.2) is 39.6 Å². The number of rotatable bonds is 2. The van der Waals surface area contributed by atoms with Crippen LogP contribution in [0.25, 0.3) is 0 Å². The summed E-state index contributed by atoms with van der Waals surface area (Å²) in [4.78, 5) is 26.9. The van der Waals surface area contributed by atoms with E-state index >= 15 is 0 Å². The number of aryl methyl sites for hydroxylation is 2. The largest absolute Gasteiger partial charge is 0.480 e. The zero-order chi connectivity index (χ0) is 12.7. The van der Waals surface area contributed by atoms with E-state index in [1.165, 1.54) is 44.9 Å². The lowest BCUT2D eigenvalue weighted by atomic mass is 10.2. The SMILES string of the molecule is O=C(O)[C@@H]1CSCN1C(=O)c1cc2c(s1)CCC2. The standard InChI is InChI=1S/C12H13NO3S2/c14-11(13-6-17-5-8(13)12(15)16)10-4-7-2-1-3-9(7)18-10/h4,8H,1-3,5-6H2,(H,15,16)/t8-/m0/s1. The quantitative estimate of drug-likeness (QED) is 0.899. The molecule has 0 spiro atoms. The van der Waals surface area contributed by atoms with Gasteiger partial charge in [-0.1, -0.05) is 0 Å². The van der Waals surface area contributed by atoms with Crippen molar-refractivity contribution in [3.63, 3.8) is 0 Å². The van der Waals surface area contributed by atoms with E-state index < -0.39 is 12.0 Å². The van der Waals surface area contributed by atoms with Gasteiger partial charge in [0.15, 0.2) is 0 Å². The van der Waals surface area contributed by atoms with Gasteiger partial charge in [0.05, 0.1) is 10.8 Å². The first-order valence-electron chi connectivity index (χ1n) is 5.90. The molecule has 2 heterocycles. The summed E-state index contributed by atoms with van der Waals surface area (Å²) in [6.45, 7) is 0. The molecule has 1 aliphatic heterocycles. The molecule has 1 saturated heterocycles. The molecule has 0 unspecified atom stereocenters. The number of aliphatic carboxylic acids is 1. The number of amides is 1. The smallest absolute Gasteiger partial charge is 0.327 e. The molecule has 96 valence electrons. The molecule has 0 aromatic carbocycles. The maximum atomic E-state index is 12.3. The van der Waals surface area contributed by atoms with E-state index in [9.17, 15) is 9.59 Å². The van der Waals surface area contributed by atoms with Crippen LogP contribution in [0.3, 0.4) is 0 Å². The molecular formula is C12H13NO3S2. The van der Waals surface area contributed by atoms with Gasteiger partial charge in [-0.15, -0.1) is 23.1 Å². The van der Waals surface area contributed by atoms with Crippen LogP contribution in [0.1, 0.15) is 26.5 Å². The number of nitrogens with zero attached hydrogens (tertiary/aromatic N) is 1. The van der Waals surface area contributed by atoms with Crippen molar-refractivity contribution in [2.24, 2.45) is 0 Å². The number of thiophene rings is 1. The Hall–Kier alpha value is -1.01. The lowest BCUT2D eigenvalue weighted by Gasteiger charge is -2.19. The van der Waals surface area contributed by atoms with Crippen LogP contribution in [0.4, 0.5) is 0 Å². The molecule has 0 saturated carbocycles. The lowest BCUT2D eigenvalue weighted by molar-refractivity contribution is -0.140. The topological polar surface area (TPSA) is 57.6 Å². The molecule has 1 fully saturated rings. The van der Waals surface area contributed by atoms with Gasteiger partial charge in [0.2, 0.25) is 0 Å². The highest BCUT2D eigenvalue weighted by Gasteiger charge is 2.36. The number of carbonyl (C=O) groups excluding carboxylic acids is 1. The van der Waals surface area contributed by atoms with Crippen molar-refractivity contribution in [1.29, 1.82) is 0 Å². The van der Waals surface area contributed by atoms with E-state index in [2.05, 4.69) is 0 Å². The summed E-state index contributed by atoms with van der Waals surface area (Å²) in [6.07, 6.45) is 3.29. The fraction of sp³-hybridized carbons (Fsp3) is 0.500. The maximum Gasteiger partial charge on any atom is 0.327 e. The second-order valence-corrected chi connectivity index (χ2v) is 6.68. The summed E-state index contributed by atoms with van der Waals surface area (Å²) in [5, 5.41) is 9.09. The van der Waals surface area contributed by atoms with Crippen LogP contribution >= 0.6 is 23.1 Å². The highest BCUT2D eigenvalue weighted by molar-refractivity contribution is 7.99. The van der Waals surface area contributed by atoms with E-state index in [4.69, 9.17) is 5.11 Å². The average molecular weight is 283 g/mol. The van der Waals surface area contributed by atoms with Crippen LogP contribution < -0.4 is 0 Å². The second-order valence-electron chi connectivity index (χ2n) is 4.54. The van der Waals surface area contributed by atoms with E-state index in [-0.39, 0.29) is 5.91 Å². The Kier molecular flexibility index (Phi) is 3.07. The number of thioether (sulfide) groups is 1. The fourth-order valence-corrected chi connectivity index (χ4v) is 4.78. The summed E-state index contributed by atoms with van der Waals surface area (Å²) in [6, 6.07) is 1.29. The van der Waals surface area contributed by atoms with Crippen LogP contribution in [0.2, 0.25) is 0 Å². The minimum Gasteiger partial charge on any atom is -0.480 e. The Bertz CT molecular complexity index is 490. The van der Waals surface area contributed by atoms with Crippen LogP contribution in [0, 0.1) is 0 Å². The molecule has 4 nitrogen and oxygen atoms in total. The molecule has 3 rings (SSSR count). The summed E-state index contributed by atoms with van der Waals surface area (Å²) < 4.78 is 0. The number of carbonyl (C=O) groups is 2. The highest BCUT2D eigenvalue weighted by atomic mass is 32.2. The van der Waals surface area contributed by atoms with Gasteiger partial charge in [0.1, 0.15) is 6.04 Å². The van der Waals surface area contributed by atoms with Crippen LogP contribution in [0.5, 0.6) is 0 Å². The van der Waals surface area contributed by atoms with Crippen LogP contribution in [0.15, 0.2) is 6.07 Å². The molecule has 18 heavy (non-hydrogen) atoms. The van der Waals surface area contributed by atoms with Gasteiger partial charge in [0, 0.05) is 10.6 Å². The van der Waals surface area contributed by atoms with Gasteiger partial charge in [-0.2, -0.15) is 0 Å². The van der Waals surface area contributed by atoms with E-state index in [1.54, 1.807) is 0 Å². The first-order valence-corrected chi connectivity index (χ1v) is 7.87. The van der Waals surface area contributed by atoms with Gasteiger partial charge in [-0.25, -0.2) is 4.79 Å². The molecule has 1 atom stereocenters. The van der Waals surface area contributed by atoms with Crippen molar-refractivity contribution in [2.45, 2.75) is 25.3 Å². The Morgan fingerprint density at radius 1 is 1.39 bits per heavy atom. The number of carboxylic acids is 1. The summed E-state index contributed by atoms with van der Waals surface area (Å²) in [5.74, 6) is -0.0471. The third-order valence-corrected chi connectivity index (χ3v) is 5.62. The lowest BCUT2D eigenvalue weighted by Crippen LogP contribution is -2.41. The van der Waals surface area contributed by atoms with Gasteiger partial charge < -0.3 is 10.0 Å². The molecule has 0 radical (unpaired) electrons. The first kappa shape index (κ1) is 12.0. The summed E-state index contributed by atoms with van der Waals surface area (Å²) >= 11 is 3.04.